The molecule has 2 aliphatic carbocycles. The molecule has 2 aromatic rings. The van der Waals surface area contributed by atoms with E-state index in [1.807, 2.05) is 12.3 Å². The van der Waals surface area contributed by atoms with Crippen LogP contribution in [0.4, 0.5) is 0 Å². The van der Waals surface area contributed by atoms with Gasteiger partial charge in [-0.25, -0.2) is 0 Å². The average Bonchev–Trinajstić information content (AvgIpc) is 3.35. The first-order valence-corrected chi connectivity index (χ1v) is 8.99. The third-order valence-corrected chi connectivity index (χ3v) is 5.43. The van der Waals surface area contributed by atoms with Crippen LogP contribution in [0.5, 0.6) is 5.75 Å². The van der Waals surface area contributed by atoms with Gasteiger partial charge in [0.15, 0.2) is 0 Å². The number of hydrogen-bond donors (Lipinski definition) is 1. The molecule has 5 nitrogen and oxygen atoms in total. The molecule has 2 aliphatic rings. The van der Waals surface area contributed by atoms with Crippen molar-refractivity contribution in [3.05, 3.63) is 24.5 Å². The Hall–Kier alpha value is -2.04. The van der Waals surface area contributed by atoms with Crippen LogP contribution in [-0.4, -0.2) is 27.2 Å². The lowest BCUT2D eigenvalue weighted by Gasteiger charge is -2.26. The van der Waals surface area contributed by atoms with Gasteiger partial charge in [-0.05, 0) is 56.4 Å². The molecule has 24 heavy (non-hydrogen) atoms. The van der Waals surface area contributed by atoms with Crippen molar-refractivity contribution >= 4 is 17.0 Å². The first-order chi connectivity index (χ1) is 11.7. The zero-order valence-corrected chi connectivity index (χ0v) is 13.9. The molecule has 0 spiro atoms. The molecule has 0 aromatic carbocycles. The highest BCUT2D eigenvalue weighted by molar-refractivity contribution is 5.77. The summed E-state index contributed by atoms with van der Waals surface area (Å²) in [5, 5.41) is 9.12. The Morgan fingerprint density at radius 2 is 1.96 bits per heavy atom. The summed E-state index contributed by atoms with van der Waals surface area (Å²) in [7, 11) is 0. The first-order valence-electron chi connectivity index (χ1n) is 8.99. The predicted octanol–water partition coefficient (Wildman–Crippen LogP) is 3.72. The van der Waals surface area contributed by atoms with Gasteiger partial charge in [-0.1, -0.05) is 0 Å². The minimum atomic E-state index is -0.637. The molecule has 0 amide bonds. The fourth-order valence-electron chi connectivity index (χ4n) is 3.65. The Kier molecular flexibility index (Phi) is 4.17. The van der Waals surface area contributed by atoms with Crippen LogP contribution < -0.4 is 4.74 Å². The number of carboxylic acid groups (broad SMARTS) is 1. The Morgan fingerprint density at radius 3 is 2.67 bits per heavy atom. The quantitative estimate of drug-likeness (QED) is 0.878. The van der Waals surface area contributed by atoms with Gasteiger partial charge in [0, 0.05) is 18.8 Å². The van der Waals surface area contributed by atoms with Crippen molar-refractivity contribution in [2.75, 3.05) is 6.61 Å². The van der Waals surface area contributed by atoms with Crippen molar-refractivity contribution in [2.45, 2.75) is 45.1 Å². The van der Waals surface area contributed by atoms with E-state index >= 15 is 0 Å². The Labute approximate surface area is 141 Å². The monoisotopic (exact) mass is 328 g/mol. The average molecular weight is 328 g/mol. The van der Waals surface area contributed by atoms with E-state index < -0.39 is 5.97 Å². The van der Waals surface area contributed by atoms with Crippen LogP contribution in [-0.2, 0) is 11.3 Å². The molecule has 0 unspecified atom stereocenters. The van der Waals surface area contributed by atoms with Gasteiger partial charge in [-0.2, -0.15) is 0 Å². The number of aliphatic carboxylic acids is 1. The van der Waals surface area contributed by atoms with E-state index in [-0.39, 0.29) is 5.92 Å². The maximum absolute atomic E-state index is 11.1. The van der Waals surface area contributed by atoms with Gasteiger partial charge in [-0.15, -0.1) is 0 Å². The maximum atomic E-state index is 11.1. The molecule has 1 N–H and O–H groups in total. The van der Waals surface area contributed by atoms with E-state index in [9.17, 15) is 4.79 Å². The summed E-state index contributed by atoms with van der Waals surface area (Å²) in [6.07, 6.45) is 10.0. The highest BCUT2D eigenvalue weighted by Crippen LogP contribution is 2.32. The molecular weight excluding hydrogens is 304 g/mol. The van der Waals surface area contributed by atoms with Crippen molar-refractivity contribution in [1.29, 1.82) is 0 Å². The summed E-state index contributed by atoms with van der Waals surface area (Å²) in [5.74, 6) is 1.35. The molecule has 2 heterocycles. The van der Waals surface area contributed by atoms with E-state index in [2.05, 4.69) is 21.8 Å². The third kappa shape index (κ3) is 3.40. The molecule has 0 bridgehead atoms. The summed E-state index contributed by atoms with van der Waals surface area (Å²) in [6, 6.07) is 4.14. The Bertz CT molecular complexity index is 727. The lowest BCUT2D eigenvalue weighted by atomic mass is 9.82. The number of nitrogens with zero attached hydrogens (tertiary/aromatic N) is 2. The largest absolute Gasteiger partial charge is 0.492 e. The number of aromatic nitrogens is 2. The topological polar surface area (TPSA) is 64.3 Å². The van der Waals surface area contributed by atoms with Gasteiger partial charge in [0.05, 0.1) is 29.8 Å². The van der Waals surface area contributed by atoms with Gasteiger partial charge in [0.2, 0.25) is 0 Å². The minimum absolute atomic E-state index is 0.147. The second-order valence-corrected chi connectivity index (χ2v) is 7.35. The number of pyridine rings is 1. The summed E-state index contributed by atoms with van der Waals surface area (Å²) < 4.78 is 8.10. The lowest BCUT2D eigenvalue weighted by molar-refractivity contribution is -0.143. The van der Waals surface area contributed by atoms with Crippen LogP contribution >= 0.6 is 0 Å². The van der Waals surface area contributed by atoms with Crippen LogP contribution in [0, 0.1) is 17.8 Å². The molecule has 4 rings (SSSR count). The Balaban J connectivity index is 1.43. The van der Waals surface area contributed by atoms with Crippen molar-refractivity contribution in [3.63, 3.8) is 0 Å². The van der Waals surface area contributed by atoms with Gasteiger partial charge in [0.25, 0.3) is 0 Å². The van der Waals surface area contributed by atoms with Gasteiger partial charge in [-0.3, -0.25) is 9.78 Å². The molecule has 128 valence electrons. The van der Waals surface area contributed by atoms with Crippen LogP contribution in [0.1, 0.15) is 38.5 Å². The number of hydrogen-bond acceptors (Lipinski definition) is 3. The first kappa shape index (κ1) is 15.5. The van der Waals surface area contributed by atoms with Crippen molar-refractivity contribution in [3.8, 4) is 5.75 Å². The van der Waals surface area contributed by atoms with E-state index in [4.69, 9.17) is 9.84 Å². The van der Waals surface area contributed by atoms with E-state index in [0.717, 1.165) is 61.5 Å². The number of carboxylic acids is 1. The molecule has 2 saturated carbocycles. The highest BCUT2D eigenvalue weighted by atomic mass is 16.5. The summed E-state index contributed by atoms with van der Waals surface area (Å²) in [5.41, 5.74) is 2.11. The van der Waals surface area contributed by atoms with Crippen molar-refractivity contribution in [2.24, 2.45) is 17.8 Å². The zero-order valence-electron chi connectivity index (χ0n) is 13.9. The molecule has 0 saturated heterocycles. The van der Waals surface area contributed by atoms with Crippen molar-refractivity contribution < 1.29 is 14.6 Å². The number of ether oxygens (including phenoxy) is 1. The molecular formula is C19H24N2O3. The molecule has 0 aliphatic heterocycles. The van der Waals surface area contributed by atoms with E-state index in [1.54, 1.807) is 0 Å². The van der Waals surface area contributed by atoms with Gasteiger partial charge >= 0.3 is 5.97 Å². The van der Waals surface area contributed by atoms with Gasteiger partial charge in [0.1, 0.15) is 5.75 Å². The normalized spacial score (nSPS) is 24.2. The number of fused-ring (bicyclic) bond motifs is 1. The third-order valence-electron chi connectivity index (χ3n) is 5.43. The SMILES string of the molecule is O=C(O)[C@H]1CC[C@H](Cn2ccc3ncc(OCC4CC4)cc32)CC1. The smallest absolute Gasteiger partial charge is 0.306 e. The molecule has 2 fully saturated rings. The summed E-state index contributed by atoms with van der Waals surface area (Å²) >= 11 is 0. The van der Waals surface area contributed by atoms with Crippen molar-refractivity contribution in [1.82, 2.24) is 9.55 Å². The fraction of sp³-hybridized carbons (Fsp3) is 0.579. The summed E-state index contributed by atoms with van der Waals surface area (Å²) in [6.45, 7) is 1.73. The zero-order chi connectivity index (χ0) is 16.5. The highest BCUT2D eigenvalue weighted by Gasteiger charge is 2.26. The molecule has 5 heteroatoms. The second-order valence-electron chi connectivity index (χ2n) is 7.35. The van der Waals surface area contributed by atoms with Crippen LogP contribution in [0.15, 0.2) is 24.5 Å². The lowest BCUT2D eigenvalue weighted by Crippen LogP contribution is -2.23. The van der Waals surface area contributed by atoms with Crippen LogP contribution in [0.25, 0.3) is 11.0 Å². The second kappa shape index (κ2) is 6.46. The van der Waals surface area contributed by atoms with E-state index in [0.29, 0.717) is 5.92 Å². The predicted molar refractivity (Wildman–Crippen MR) is 91.0 cm³/mol. The number of rotatable bonds is 6. The fourth-order valence-corrected chi connectivity index (χ4v) is 3.65. The molecule has 2 aromatic heterocycles. The van der Waals surface area contributed by atoms with E-state index in [1.165, 1.54) is 12.8 Å². The maximum Gasteiger partial charge on any atom is 0.306 e. The number of carbonyl (C=O) groups is 1. The molecule has 0 radical (unpaired) electrons. The summed E-state index contributed by atoms with van der Waals surface area (Å²) in [4.78, 5) is 15.6. The van der Waals surface area contributed by atoms with Crippen LogP contribution in [0.3, 0.4) is 0 Å². The standard InChI is InChI=1S/C19H24N2O3/c22-19(23)15-5-3-13(4-6-15)11-21-8-7-17-18(21)9-16(10-20-17)24-12-14-1-2-14/h7-10,13-15H,1-6,11-12H2,(H,22,23)/t13-,15-. The van der Waals surface area contributed by atoms with Crippen LogP contribution in [0.2, 0.25) is 0 Å². The van der Waals surface area contributed by atoms with Gasteiger partial charge < -0.3 is 14.4 Å². The minimum Gasteiger partial charge on any atom is -0.492 e. The molecule has 0 atom stereocenters. The Morgan fingerprint density at radius 1 is 1.21 bits per heavy atom.